The minimum absolute atomic E-state index is 0.00360. The summed E-state index contributed by atoms with van der Waals surface area (Å²) >= 11 is 5.73. The van der Waals surface area contributed by atoms with E-state index in [1.165, 1.54) is 36.4 Å². The van der Waals surface area contributed by atoms with Gasteiger partial charge in [0.25, 0.3) is 0 Å². The summed E-state index contributed by atoms with van der Waals surface area (Å²) in [5.41, 5.74) is 1.43. The Kier molecular flexibility index (Phi) is 5.06. The van der Waals surface area contributed by atoms with Gasteiger partial charge in [0, 0.05) is 5.02 Å². The Morgan fingerprint density at radius 3 is 2.30 bits per heavy atom. The van der Waals surface area contributed by atoms with Gasteiger partial charge in [0.15, 0.2) is 5.78 Å². The summed E-state index contributed by atoms with van der Waals surface area (Å²) < 4.78 is 29.0. The SMILES string of the molecule is CC1=C/C(=N\OS(=O)(=O)c2ccc(Cl)cc2)C(C(C)C)=CC1=O. The Balaban J connectivity index is 2.32. The van der Waals surface area contributed by atoms with Crippen molar-refractivity contribution in [2.45, 2.75) is 25.7 Å². The number of carbonyl (C=O) groups is 1. The predicted octanol–water partition coefficient (Wildman–Crippen LogP) is 3.51. The van der Waals surface area contributed by atoms with Crippen molar-refractivity contribution < 1.29 is 17.5 Å². The molecule has 0 saturated heterocycles. The Morgan fingerprint density at radius 2 is 1.74 bits per heavy atom. The van der Waals surface area contributed by atoms with Crippen LogP contribution in [0.5, 0.6) is 0 Å². The van der Waals surface area contributed by atoms with Crippen molar-refractivity contribution in [3.63, 3.8) is 0 Å². The maximum Gasteiger partial charge on any atom is 0.358 e. The second-order valence-corrected chi connectivity index (χ2v) is 7.37. The number of hydrogen-bond donors (Lipinski definition) is 0. The fraction of sp³-hybridized carbons (Fsp3) is 0.250. The van der Waals surface area contributed by atoms with Gasteiger partial charge in [0.2, 0.25) is 0 Å². The van der Waals surface area contributed by atoms with Crippen LogP contribution in [-0.4, -0.2) is 19.9 Å². The van der Waals surface area contributed by atoms with Gasteiger partial charge in [0.05, 0.1) is 0 Å². The number of nitrogens with zero attached hydrogens (tertiary/aromatic N) is 1. The van der Waals surface area contributed by atoms with Gasteiger partial charge >= 0.3 is 10.1 Å². The maximum atomic E-state index is 12.1. The van der Waals surface area contributed by atoms with Crippen molar-refractivity contribution in [2.24, 2.45) is 11.1 Å². The van der Waals surface area contributed by atoms with Gasteiger partial charge in [-0.25, -0.2) is 0 Å². The van der Waals surface area contributed by atoms with E-state index in [2.05, 4.69) is 5.16 Å². The summed E-state index contributed by atoms with van der Waals surface area (Å²) in [6, 6.07) is 5.58. The minimum Gasteiger partial charge on any atom is -0.290 e. The molecule has 0 unspecified atom stereocenters. The Hall–Kier alpha value is -1.92. The number of rotatable bonds is 4. The number of benzene rings is 1. The molecule has 0 radical (unpaired) electrons. The largest absolute Gasteiger partial charge is 0.358 e. The molecular weight excluding hydrogens is 338 g/mol. The number of allylic oxidation sites excluding steroid dienone is 4. The van der Waals surface area contributed by atoms with E-state index < -0.39 is 10.1 Å². The fourth-order valence-corrected chi connectivity index (χ4v) is 2.82. The monoisotopic (exact) mass is 353 g/mol. The third kappa shape index (κ3) is 4.09. The van der Waals surface area contributed by atoms with E-state index in [1.54, 1.807) is 6.92 Å². The van der Waals surface area contributed by atoms with Crippen LogP contribution < -0.4 is 0 Å². The Bertz CT molecular complexity index is 818. The first-order valence-electron chi connectivity index (χ1n) is 6.92. The molecule has 0 saturated carbocycles. The van der Waals surface area contributed by atoms with Gasteiger partial charge in [-0.1, -0.05) is 30.6 Å². The molecule has 0 N–H and O–H groups in total. The molecule has 23 heavy (non-hydrogen) atoms. The van der Waals surface area contributed by atoms with E-state index in [0.29, 0.717) is 21.9 Å². The molecule has 1 aliphatic carbocycles. The van der Waals surface area contributed by atoms with Crippen LogP contribution in [-0.2, 0) is 19.2 Å². The standard InChI is InChI=1S/C16H16ClNO4S/c1-10(2)14-9-16(19)11(3)8-15(14)18-22-23(20,21)13-6-4-12(17)5-7-13/h4-10H,1-3H3/b18-15+. The van der Waals surface area contributed by atoms with Gasteiger partial charge in [0.1, 0.15) is 10.6 Å². The van der Waals surface area contributed by atoms with Crippen molar-refractivity contribution in [1.82, 2.24) is 0 Å². The molecule has 7 heteroatoms. The van der Waals surface area contributed by atoms with E-state index in [-0.39, 0.29) is 16.6 Å². The third-order valence-corrected chi connectivity index (χ3v) is 4.65. The molecule has 0 spiro atoms. The molecule has 122 valence electrons. The van der Waals surface area contributed by atoms with Crippen LogP contribution in [0.3, 0.4) is 0 Å². The van der Waals surface area contributed by atoms with E-state index in [1.807, 2.05) is 13.8 Å². The number of ketones is 1. The van der Waals surface area contributed by atoms with E-state index in [0.717, 1.165) is 0 Å². The Labute approximate surface area is 140 Å². The summed E-state index contributed by atoms with van der Waals surface area (Å²) in [5.74, 6) is -0.114. The Morgan fingerprint density at radius 1 is 1.13 bits per heavy atom. The van der Waals surface area contributed by atoms with Gasteiger partial charge in [-0.2, -0.15) is 8.42 Å². The number of carbonyl (C=O) groups excluding carboxylic acids is 1. The highest BCUT2D eigenvalue weighted by atomic mass is 35.5. The molecule has 0 atom stereocenters. The average Bonchev–Trinajstić information content (AvgIpc) is 2.48. The molecule has 1 aliphatic rings. The van der Waals surface area contributed by atoms with Gasteiger partial charge < -0.3 is 0 Å². The zero-order valence-electron chi connectivity index (χ0n) is 12.9. The smallest absolute Gasteiger partial charge is 0.290 e. The quantitative estimate of drug-likeness (QED) is 0.613. The lowest BCUT2D eigenvalue weighted by Gasteiger charge is -2.15. The topological polar surface area (TPSA) is 72.8 Å². The summed E-state index contributed by atoms with van der Waals surface area (Å²) in [6.07, 6.45) is 2.98. The van der Waals surface area contributed by atoms with Crippen molar-refractivity contribution >= 4 is 33.2 Å². The molecule has 0 aromatic heterocycles. The molecular formula is C16H16ClNO4S. The second kappa shape index (κ2) is 6.68. The first-order chi connectivity index (χ1) is 10.7. The normalized spacial score (nSPS) is 17.3. The maximum absolute atomic E-state index is 12.1. The minimum atomic E-state index is -4.04. The van der Waals surface area contributed by atoms with Crippen LogP contribution in [0, 0.1) is 5.92 Å². The van der Waals surface area contributed by atoms with Crippen LogP contribution >= 0.6 is 11.6 Å². The third-order valence-electron chi connectivity index (χ3n) is 3.28. The van der Waals surface area contributed by atoms with Crippen molar-refractivity contribution in [3.05, 3.63) is 52.6 Å². The summed E-state index contributed by atoms with van der Waals surface area (Å²) in [5, 5.41) is 4.16. The first kappa shape index (κ1) is 17.4. The number of hydrogen-bond acceptors (Lipinski definition) is 5. The lowest BCUT2D eigenvalue weighted by atomic mass is 9.90. The highest BCUT2D eigenvalue weighted by molar-refractivity contribution is 7.86. The molecule has 0 bridgehead atoms. The van der Waals surface area contributed by atoms with Gasteiger partial charge in [-0.3, -0.25) is 9.08 Å². The molecule has 0 fully saturated rings. The highest BCUT2D eigenvalue weighted by Gasteiger charge is 2.21. The van der Waals surface area contributed by atoms with E-state index in [9.17, 15) is 13.2 Å². The molecule has 1 aromatic carbocycles. The van der Waals surface area contributed by atoms with Crippen LogP contribution in [0.1, 0.15) is 20.8 Å². The van der Waals surface area contributed by atoms with Crippen molar-refractivity contribution in [3.8, 4) is 0 Å². The van der Waals surface area contributed by atoms with Crippen LogP contribution in [0.2, 0.25) is 5.02 Å². The zero-order valence-corrected chi connectivity index (χ0v) is 14.5. The molecule has 2 rings (SSSR count). The molecule has 0 heterocycles. The van der Waals surface area contributed by atoms with E-state index >= 15 is 0 Å². The van der Waals surface area contributed by atoms with Gasteiger partial charge in [-0.05, 0) is 60.4 Å². The van der Waals surface area contributed by atoms with Crippen LogP contribution in [0.15, 0.2) is 57.6 Å². The van der Waals surface area contributed by atoms with E-state index in [4.69, 9.17) is 15.9 Å². The second-order valence-electron chi connectivity index (χ2n) is 5.41. The molecule has 1 aromatic rings. The lowest BCUT2D eigenvalue weighted by molar-refractivity contribution is -0.111. The highest BCUT2D eigenvalue weighted by Crippen LogP contribution is 2.21. The first-order valence-corrected chi connectivity index (χ1v) is 8.71. The number of oxime groups is 1. The van der Waals surface area contributed by atoms with Gasteiger partial charge in [-0.15, -0.1) is 0 Å². The van der Waals surface area contributed by atoms with Crippen LogP contribution in [0.25, 0.3) is 0 Å². The fourth-order valence-electron chi connectivity index (χ4n) is 1.96. The van der Waals surface area contributed by atoms with Crippen molar-refractivity contribution in [1.29, 1.82) is 0 Å². The molecule has 5 nitrogen and oxygen atoms in total. The average molecular weight is 354 g/mol. The summed E-state index contributed by atoms with van der Waals surface area (Å²) in [4.78, 5) is 11.7. The zero-order chi connectivity index (χ0) is 17.2. The summed E-state index contributed by atoms with van der Waals surface area (Å²) in [7, 11) is -4.04. The number of halogens is 1. The molecule has 0 aliphatic heterocycles. The lowest BCUT2D eigenvalue weighted by Crippen LogP contribution is -2.16. The van der Waals surface area contributed by atoms with Crippen molar-refractivity contribution in [2.75, 3.05) is 0 Å². The van der Waals surface area contributed by atoms with Crippen LogP contribution in [0.4, 0.5) is 0 Å². The molecule has 0 amide bonds. The predicted molar refractivity (Wildman–Crippen MR) is 88.8 cm³/mol. The summed E-state index contributed by atoms with van der Waals surface area (Å²) in [6.45, 7) is 5.41.